The first-order valence-electron chi connectivity index (χ1n) is 3.18. The third-order valence-corrected chi connectivity index (χ3v) is 2.26. The van der Waals surface area contributed by atoms with Gasteiger partial charge in [-0.1, -0.05) is 12.2 Å². The molecule has 58 valence electrons. The Morgan fingerprint density at radius 1 is 1.64 bits per heavy atom. The van der Waals surface area contributed by atoms with Gasteiger partial charge in [-0.05, 0) is 17.0 Å². The Kier molecular flexibility index (Phi) is 3.39. The minimum Gasteiger partial charge on any atom is -0.297 e. The fraction of sp³-hybridized carbons (Fsp3) is 0.125. The highest BCUT2D eigenvalue weighted by atomic mass is 32.1. The van der Waals surface area contributed by atoms with Crippen LogP contribution < -0.4 is 0 Å². The Labute approximate surface area is 75.2 Å². The van der Waals surface area contributed by atoms with Crippen molar-refractivity contribution >= 4 is 36.3 Å². The van der Waals surface area contributed by atoms with Crippen LogP contribution in [0.4, 0.5) is 0 Å². The van der Waals surface area contributed by atoms with E-state index in [-0.39, 0.29) is 0 Å². The van der Waals surface area contributed by atoms with Crippen LogP contribution >= 0.6 is 24.0 Å². The van der Waals surface area contributed by atoms with Crippen molar-refractivity contribution in [1.82, 2.24) is 0 Å². The van der Waals surface area contributed by atoms with Crippen molar-refractivity contribution in [3.63, 3.8) is 0 Å². The van der Waals surface area contributed by atoms with Crippen LogP contribution in [0.5, 0.6) is 0 Å². The summed E-state index contributed by atoms with van der Waals surface area (Å²) in [7, 11) is 0. The molecule has 0 aliphatic carbocycles. The molecule has 3 heteroatoms. The monoisotopic (exact) mass is 184 g/mol. The van der Waals surface area contributed by atoms with E-state index in [2.05, 4.69) is 12.6 Å². The normalized spacial score (nSPS) is 10.6. The van der Waals surface area contributed by atoms with Crippen molar-refractivity contribution in [3.05, 3.63) is 28.0 Å². The molecule has 0 unspecified atom stereocenters. The number of thiophene rings is 1. The molecule has 1 nitrogen and oxygen atoms in total. The Bertz CT molecular complexity index is 263. The highest BCUT2D eigenvalue weighted by Gasteiger charge is 1.92. The quantitative estimate of drug-likeness (QED) is 0.564. The zero-order chi connectivity index (χ0) is 8.10. The molecule has 0 radical (unpaired) electrons. The zero-order valence-corrected chi connectivity index (χ0v) is 7.57. The lowest BCUT2D eigenvalue weighted by Gasteiger charge is -1.79. The molecule has 11 heavy (non-hydrogen) atoms. The summed E-state index contributed by atoms with van der Waals surface area (Å²) in [6.07, 6.45) is 4.76. The summed E-state index contributed by atoms with van der Waals surface area (Å²) >= 11 is 5.48. The molecule has 0 N–H and O–H groups in total. The molecule has 0 saturated heterocycles. The molecule has 0 atom stereocenters. The SMILES string of the molecule is O=Cc1cc(C=CCS)cs1. The van der Waals surface area contributed by atoms with Gasteiger partial charge in [-0.25, -0.2) is 0 Å². The van der Waals surface area contributed by atoms with Gasteiger partial charge in [0, 0.05) is 5.75 Å². The van der Waals surface area contributed by atoms with E-state index in [1.807, 2.05) is 23.6 Å². The van der Waals surface area contributed by atoms with Crippen LogP contribution in [0.15, 0.2) is 17.5 Å². The van der Waals surface area contributed by atoms with Gasteiger partial charge < -0.3 is 0 Å². The van der Waals surface area contributed by atoms with Crippen molar-refractivity contribution in [2.45, 2.75) is 0 Å². The first kappa shape index (κ1) is 8.56. The van der Waals surface area contributed by atoms with Crippen LogP contribution in [-0.4, -0.2) is 12.0 Å². The molecule has 0 aliphatic heterocycles. The first-order valence-corrected chi connectivity index (χ1v) is 4.69. The van der Waals surface area contributed by atoms with E-state index in [0.29, 0.717) is 0 Å². The number of hydrogen-bond acceptors (Lipinski definition) is 3. The number of rotatable bonds is 3. The first-order chi connectivity index (χ1) is 5.36. The van der Waals surface area contributed by atoms with E-state index in [9.17, 15) is 4.79 Å². The van der Waals surface area contributed by atoms with Crippen LogP contribution in [0, 0.1) is 0 Å². The van der Waals surface area contributed by atoms with Crippen LogP contribution in [0.3, 0.4) is 0 Å². The lowest BCUT2D eigenvalue weighted by atomic mass is 10.3. The predicted molar refractivity (Wildman–Crippen MR) is 52.6 cm³/mol. The van der Waals surface area contributed by atoms with Gasteiger partial charge in [-0.3, -0.25) is 4.79 Å². The molecule has 0 aliphatic rings. The van der Waals surface area contributed by atoms with Gasteiger partial charge in [0.05, 0.1) is 4.88 Å². The fourth-order valence-electron chi connectivity index (χ4n) is 0.706. The Hall–Kier alpha value is -0.540. The maximum atomic E-state index is 10.3. The fourth-order valence-corrected chi connectivity index (χ4v) is 1.49. The van der Waals surface area contributed by atoms with E-state index >= 15 is 0 Å². The smallest absolute Gasteiger partial charge is 0.160 e. The summed E-state index contributed by atoms with van der Waals surface area (Å²) < 4.78 is 0. The Morgan fingerprint density at radius 3 is 3.00 bits per heavy atom. The molecular formula is C8H8OS2. The molecular weight excluding hydrogens is 176 g/mol. The second kappa shape index (κ2) is 4.36. The van der Waals surface area contributed by atoms with Crippen LogP contribution in [0.2, 0.25) is 0 Å². The summed E-state index contributed by atoms with van der Waals surface area (Å²) in [5.74, 6) is 0.728. The van der Waals surface area contributed by atoms with Crippen molar-refractivity contribution in [2.24, 2.45) is 0 Å². The summed E-state index contributed by atoms with van der Waals surface area (Å²) in [4.78, 5) is 11.0. The Balaban J connectivity index is 2.72. The molecule has 0 fully saturated rings. The molecule has 1 heterocycles. The van der Waals surface area contributed by atoms with Crippen LogP contribution in [0.1, 0.15) is 15.2 Å². The van der Waals surface area contributed by atoms with E-state index in [4.69, 9.17) is 0 Å². The van der Waals surface area contributed by atoms with Crippen LogP contribution in [0.25, 0.3) is 6.08 Å². The van der Waals surface area contributed by atoms with Gasteiger partial charge in [0.2, 0.25) is 0 Å². The van der Waals surface area contributed by atoms with Crippen molar-refractivity contribution < 1.29 is 4.79 Å². The molecule has 1 aromatic rings. The predicted octanol–water partition coefficient (Wildman–Crippen LogP) is 2.50. The number of carbonyl (C=O) groups is 1. The third kappa shape index (κ3) is 2.52. The largest absolute Gasteiger partial charge is 0.297 e. The maximum absolute atomic E-state index is 10.3. The number of aldehydes is 1. The number of thiol groups is 1. The highest BCUT2D eigenvalue weighted by Crippen LogP contribution is 2.13. The molecule has 0 aromatic carbocycles. The molecule has 1 rings (SSSR count). The molecule has 0 amide bonds. The average Bonchev–Trinajstić information content (AvgIpc) is 2.48. The molecule has 0 saturated carbocycles. The van der Waals surface area contributed by atoms with Crippen LogP contribution in [-0.2, 0) is 0 Å². The van der Waals surface area contributed by atoms with Crippen molar-refractivity contribution in [1.29, 1.82) is 0 Å². The summed E-state index contributed by atoms with van der Waals surface area (Å²) in [5.41, 5.74) is 1.08. The summed E-state index contributed by atoms with van der Waals surface area (Å²) in [6.45, 7) is 0. The average molecular weight is 184 g/mol. The lowest BCUT2D eigenvalue weighted by Crippen LogP contribution is -1.66. The topological polar surface area (TPSA) is 17.1 Å². The summed E-state index contributed by atoms with van der Waals surface area (Å²) in [5, 5.41) is 1.95. The second-order valence-corrected chi connectivity index (χ2v) is 3.29. The van der Waals surface area contributed by atoms with E-state index in [1.54, 1.807) is 0 Å². The Morgan fingerprint density at radius 2 is 2.45 bits per heavy atom. The van der Waals surface area contributed by atoms with Gasteiger partial charge in [0.25, 0.3) is 0 Å². The number of carbonyl (C=O) groups excluding carboxylic acids is 1. The highest BCUT2D eigenvalue weighted by molar-refractivity contribution is 7.80. The lowest BCUT2D eigenvalue weighted by molar-refractivity contribution is 0.112. The van der Waals surface area contributed by atoms with E-state index in [0.717, 1.165) is 22.5 Å². The van der Waals surface area contributed by atoms with E-state index in [1.165, 1.54) is 11.3 Å². The number of hydrogen-bond donors (Lipinski definition) is 1. The second-order valence-electron chi connectivity index (χ2n) is 1.99. The third-order valence-electron chi connectivity index (χ3n) is 1.17. The summed E-state index contributed by atoms with van der Waals surface area (Å²) in [6, 6.07) is 1.86. The van der Waals surface area contributed by atoms with Crippen molar-refractivity contribution in [3.8, 4) is 0 Å². The minimum atomic E-state index is 0.728. The molecule has 1 aromatic heterocycles. The maximum Gasteiger partial charge on any atom is 0.160 e. The molecule has 0 spiro atoms. The van der Waals surface area contributed by atoms with Gasteiger partial charge in [-0.2, -0.15) is 12.6 Å². The van der Waals surface area contributed by atoms with E-state index < -0.39 is 0 Å². The van der Waals surface area contributed by atoms with Gasteiger partial charge >= 0.3 is 0 Å². The van der Waals surface area contributed by atoms with Gasteiger partial charge in [0.1, 0.15) is 0 Å². The standard InChI is InChI=1S/C8H8OS2/c9-5-8-4-7(6-11-8)2-1-3-10/h1-2,4-6,10H,3H2. The van der Waals surface area contributed by atoms with Gasteiger partial charge in [0.15, 0.2) is 6.29 Å². The van der Waals surface area contributed by atoms with Gasteiger partial charge in [-0.15, -0.1) is 11.3 Å². The minimum absolute atomic E-state index is 0.728. The zero-order valence-electron chi connectivity index (χ0n) is 5.86. The van der Waals surface area contributed by atoms with Crippen molar-refractivity contribution in [2.75, 3.05) is 5.75 Å². The molecule has 0 bridgehead atoms.